The van der Waals surface area contributed by atoms with Gasteiger partial charge in [0.2, 0.25) is 0 Å². The van der Waals surface area contributed by atoms with Crippen molar-refractivity contribution in [3.63, 3.8) is 0 Å². The van der Waals surface area contributed by atoms with Gasteiger partial charge in [-0.05, 0) is 61.8 Å². The molecule has 0 spiro atoms. The molecule has 34 heavy (non-hydrogen) atoms. The third-order valence-electron chi connectivity index (χ3n) is 6.95. The van der Waals surface area contributed by atoms with Gasteiger partial charge in [-0.2, -0.15) is 0 Å². The van der Waals surface area contributed by atoms with Crippen LogP contribution in [-0.4, -0.2) is 63.5 Å². The number of benzene rings is 1. The quantitative estimate of drug-likeness (QED) is 0.545. The summed E-state index contributed by atoms with van der Waals surface area (Å²) >= 11 is 6.42. The van der Waals surface area contributed by atoms with E-state index in [1.165, 1.54) is 5.56 Å². The highest BCUT2D eigenvalue weighted by molar-refractivity contribution is 6.24. The van der Waals surface area contributed by atoms with E-state index in [1.54, 1.807) is 0 Å². The fourth-order valence-electron chi connectivity index (χ4n) is 5.20. The Labute approximate surface area is 203 Å². The van der Waals surface area contributed by atoms with Crippen molar-refractivity contribution in [3.05, 3.63) is 51.7 Å². The molecule has 1 saturated carbocycles. The van der Waals surface area contributed by atoms with Crippen molar-refractivity contribution in [3.8, 4) is 5.75 Å². The van der Waals surface area contributed by atoms with Crippen molar-refractivity contribution < 1.29 is 24.5 Å². The average molecular weight is 487 g/mol. The Hall–Kier alpha value is -2.48. The molecule has 1 amide bonds. The van der Waals surface area contributed by atoms with Crippen LogP contribution in [0.4, 0.5) is 4.79 Å². The molecule has 1 fully saturated rings. The number of halogens is 1. The van der Waals surface area contributed by atoms with Gasteiger partial charge in [0.15, 0.2) is 0 Å². The van der Waals surface area contributed by atoms with Gasteiger partial charge in [-0.15, -0.1) is 11.6 Å². The molecule has 1 unspecified atom stereocenters. The Morgan fingerprint density at radius 3 is 2.74 bits per heavy atom. The lowest BCUT2D eigenvalue weighted by Crippen LogP contribution is -2.43. The maximum Gasteiger partial charge on any atom is 0.410 e. The summed E-state index contributed by atoms with van der Waals surface area (Å²) in [4.78, 5) is 18.7. The lowest BCUT2D eigenvalue weighted by Gasteiger charge is -2.36. The predicted molar refractivity (Wildman–Crippen MR) is 129 cm³/mol. The zero-order valence-corrected chi connectivity index (χ0v) is 19.8. The molecule has 0 radical (unpaired) electrons. The molecule has 2 aromatic rings. The highest BCUT2D eigenvalue weighted by atomic mass is 35.5. The van der Waals surface area contributed by atoms with Crippen LogP contribution in [0.5, 0.6) is 5.75 Å². The van der Waals surface area contributed by atoms with Crippen LogP contribution >= 0.6 is 11.6 Å². The van der Waals surface area contributed by atoms with E-state index in [0.29, 0.717) is 12.3 Å². The van der Waals surface area contributed by atoms with Crippen molar-refractivity contribution >= 4 is 29.8 Å². The van der Waals surface area contributed by atoms with Gasteiger partial charge >= 0.3 is 6.09 Å². The number of amides is 1. The molecule has 3 aliphatic rings. The molecule has 7 nitrogen and oxygen atoms in total. The molecule has 8 heteroatoms. The number of hydrogen-bond donors (Lipinski definition) is 3. The molecule has 182 valence electrons. The molecule has 5 rings (SSSR count). The molecule has 1 aromatic carbocycles. The van der Waals surface area contributed by atoms with E-state index in [9.17, 15) is 9.90 Å². The van der Waals surface area contributed by atoms with E-state index in [2.05, 4.69) is 17.1 Å². The van der Waals surface area contributed by atoms with Crippen LogP contribution in [0.1, 0.15) is 55.0 Å². The van der Waals surface area contributed by atoms with Crippen LogP contribution < -0.4 is 15.3 Å². The summed E-state index contributed by atoms with van der Waals surface area (Å²) in [6.07, 6.45) is 8.63. The Balaban J connectivity index is 1.48. The monoisotopic (exact) mass is 486 g/mol. The Morgan fingerprint density at radius 1 is 1.24 bits per heavy atom. The molecular weight excluding hydrogens is 456 g/mol. The second kappa shape index (κ2) is 10.0. The maximum atomic E-state index is 13.3. The highest BCUT2D eigenvalue weighted by Crippen LogP contribution is 2.35. The van der Waals surface area contributed by atoms with E-state index in [4.69, 9.17) is 26.2 Å². The molecular formula is C26H31ClN2O5. The fourth-order valence-corrected chi connectivity index (χ4v) is 5.41. The van der Waals surface area contributed by atoms with Gasteiger partial charge in [-0.25, -0.2) is 4.79 Å². The number of carbonyl (C=O) groups is 1. The summed E-state index contributed by atoms with van der Waals surface area (Å²) in [5.41, 5.74) is 3.15. The number of ether oxygens (including phenoxy) is 2. The second-order valence-corrected chi connectivity index (χ2v) is 9.88. The number of alkyl halides is 1. The third-order valence-corrected chi connectivity index (χ3v) is 7.25. The van der Waals surface area contributed by atoms with Gasteiger partial charge < -0.3 is 24.7 Å². The van der Waals surface area contributed by atoms with Crippen LogP contribution in [0.15, 0.2) is 24.3 Å². The van der Waals surface area contributed by atoms with Gasteiger partial charge in [0.25, 0.3) is 0 Å². The van der Waals surface area contributed by atoms with Crippen molar-refractivity contribution in [2.75, 3.05) is 19.8 Å². The molecule has 1 aromatic heterocycles. The summed E-state index contributed by atoms with van der Waals surface area (Å²) in [7, 11) is 0. The molecule has 3 N–H and O–H groups in total. The first-order valence-corrected chi connectivity index (χ1v) is 12.5. The number of hydrogen-bond acceptors (Lipinski definition) is 5. The Bertz CT molecular complexity index is 1140. The predicted octanol–water partition coefficient (Wildman–Crippen LogP) is 2.35. The molecule has 2 aliphatic carbocycles. The first kappa shape index (κ1) is 23.3. The number of H-pyrrole nitrogens is 1. The summed E-state index contributed by atoms with van der Waals surface area (Å²) in [6, 6.07) is 7.21. The molecule has 0 saturated heterocycles. The number of aromatic amines is 1. The van der Waals surface area contributed by atoms with Crippen LogP contribution in [-0.2, 0) is 11.2 Å². The Morgan fingerprint density at radius 2 is 2.00 bits per heavy atom. The minimum atomic E-state index is -0.926. The number of nitrogens with one attached hydrogen (secondary N) is 1. The van der Waals surface area contributed by atoms with Gasteiger partial charge in [-0.3, -0.25) is 4.90 Å². The number of aliphatic hydroxyl groups excluding tert-OH is 2. The summed E-state index contributed by atoms with van der Waals surface area (Å²) in [5.74, 6) is 0.588. The van der Waals surface area contributed by atoms with Gasteiger partial charge in [0.1, 0.15) is 30.6 Å². The molecule has 2 heterocycles. The number of rotatable bonds is 6. The minimum absolute atomic E-state index is 0.00111. The number of carbonyl (C=O) groups excluding carboxylic acids is 1. The van der Waals surface area contributed by atoms with Crippen LogP contribution in [0.25, 0.3) is 12.2 Å². The zero-order chi connectivity index (χ0) is 23.7. The minimum Gasteiger partial charge on any atom is -0.491 e. The smallest absolute Gasteiger partial charge is 0.410 e. The van der Waals surface area contributed by atoms with Crippen molar-refractivity contribution in [1.82, 2.24) is 9.88 Å². The van der Waals surface area contributed by atoms with Crippen LogP contribution in [0.3, 0.4) is 0 Å². The van der Waals surface area contributed by atoms with E-state index in [1.807, 2.05) is 29.2 Å². The maximum absolute atomic E-state index is 13.3. The largest absolute Gasteiger partial charge is 0.491 e. The van der Waals surface area contributed by atoms with Gasteiger partial charge in [-0.1, -0.05) is 24.3 Å². The van der Waals surface area contributed by atoms with E-state index < -0.39 is 6.10 Å². The number of nitrogens with zero attached hydrogens (tertiary/aromatic N) is 1. The van der Waals surface area contributed by atoms with Crippen molar-refractivity contribution in [2.45, 2.75) is 62.2 Å². The summed E-state index contributed by atoms with van der Waals surface area (Å²) in [6.45, 7) is 0.225. The molecule has 0 bridgehead atoms. The topological polar surface area (TPSA) is 95.0 Å². The lowest BCUT2D eigenvalue weighted by molar-refractivity contribution is 0.0533. The number of aromatic nitrogens is 1. The lowest BCUT2D eigenvalue weighted by atomic mass is 9.92. The summed E-state index contributed by atoms with van der Waals surface area (Å²) in [5, 5.41) is 20.7. The Kier molecular flexibility index (Phi) is 6.86. The van der Waals surface area contributed by atoms with Crippen LogP contribution in [0.2, 0.25) is 0 Å². The zero-order valence-electron chi connectivity index (χ0n) is 19.1. The summed E-state index contributed by atoms with van der Waals surface area (Å²) < 4.78 is 11.5. The average Bonchev–Trinajstić information content (AvgIpc) is 3.49. The molecule has 3 atom stereocenters. The number of fused-ring (bicyclic) bond motifs is 3. The van der Waals surface area contributed by atoms with Gasteiger partial charge in [0, 0.05) is 22.8 Å². The third kappa shape index (κ3) is 4.69. The van der Waals surface area contributed by atoms with Crippen LogP contribution in [0, 0.1) is 0 Å². The van der Waals surface area contributed by atoms with Gasteiger partial charge in [0.05, 0.1) is 12.0 Å². The highest BCUT2D eigenvalue weighted by Gasteiger charge is 2.36. The van der Waals surface area contributed by atoms with Crippen molar-refractivity contribution in [2.24, 2.45) is 0 Å². The SMILES string of the molecule is O=C(OC1CCCC1)N1CCc2c([nH]c3c2=CC(Cl)CC=3)[C@@H]1c1ccc(OC[C@H](O)CO)cc1. The normalized spacial score (nSPS) is 22.9. The fraction of sp³-hybridized carbons (Fsp3) is 0.500. The first-order chi connectivity index (χ1) is 16.5. The molecule has 1 aliphatic heterocycles. The first-order valence-electron chi connectivity index (χ1n) is 12.1. The standard InChI is InChI=1S/C26H31ClN2O5/c27-17-7-10-23-22(13-17)21-11-12-29(26(32)34-20-3-1-2-4-20)25(24(21)28-23)16-5-8-19(9-6-16)33-15-18(31)14-30/h5-6,8-10,13,17-18,20,25,28,30-31H,1-4,7,11-12,14-15H2/t17?,18-,25+/m1/s1. The number of aliphatic hydroxyl groups is 2. The van der Waals surface area contributed by atoms with E-state index >= 15 is 0 Å². The van der Waals surface area contributed by atoms with E-state index in [0.717, 1.165) is 60.4 Å². The van der Waals surface area contributed by atoms with Crippen molar-refractivity contribution in [1.29, 1.82) is 0 Å². The van der Waals surface area contributed by atoms with E-state index in [-0.39, 0.29) is 36.8 Å². The second-order valence-electron chi connectivity index (χ2n) is 9.32.